The summed E-state index contributed by atoms with van der Waals surface area (Å²) in [5.74, 6) is -1.74. The van der Waals surface area contributed by atoms with Gasteiger partial charge in [0, 0.05) is 19.3 Å². The molecule has 0 aliphatic rings. The summed E-state index contributed by atoms with van der Waals surface area (Å²) in [6.07, 6.45) is 32.3. The summed E-state index contributed by atoms with van der Waals surface area (Å²) >= 11 is 0. The van der Waals surface area contributed by atoms with Crippen molar-refractivity contribution in [3.8, 4) is 0 Å². The maximum absolute atomic E-state index is 12.6. The molecule has 0 saturated carbocycles. The molecule has 2 atom stereocenters. The van der Waals surface area contributed by atoms with E-state index in [2.05, 4.69) is 26.0 Å². The highest BCUT2D eigenvalue weighted by Crippen LogP contribution is 2.14. The van der Waals surface area contributed by atoms with Gasteiger partial charge in [-0.1, -0.05) is 135 Å². The van der Waals surface area contributed by atoms with Crippen LogP contribution in [0.5, 0.6) is 0 Å². The quantitative estimate of drug-likeness (QED) is 0.0279. The fraction of sp³-hybridized carbons (Fsp3) is 0.878. The van der Waals surface area contributed by atoms with E-state index in [1.165, 1.54) is 96.3 Å². The van der Waals surface area contributed by atoms with Crippen LogP contribution in [0, 0.1) is 0 Å². The van der Waals surface area contributed by atoms with Gasteiger partial charge in [-0.25, -0.2) is 0 Å². The van der Waals surface area contributed by atoms with Crippen molar-refractivity contribution < 1.29 is 38.2 Å². The molecule has 0 aromatic heterocycles. The zero-order valence-electron chi connectivity index (χ0n) is 32.6. The number of hydrogen-bond acceptors (Lipinski definition) is 7. The second-order valence-electron chi connectivity index (χ2n) is 14.9. The highest BCUT2D eigenvalue weighted by molar-refractivity contribution is 5.70. The number of quaternary nitrogens is 1. The average Bonchev–Trinajstić information content (AvgIpc) is 3.05. The standard InChI is InChI=1S/C41H77NO7/c1-6-8-10-12-14-16-17-18-19-20-21-22-24-26-28-30-32-40(44)49-37(35-47-34-33-38(41(45)46)42(3,4)5)36-48-39(43)31-29-27-25-23-15-13-11-9-7-2/h19-20,37-38H,6-18,21-36H2,1-5H3/b20-19+. The van der Waals surface area contributed by atoms with Crippen molar-refractivity contribution in [2.45, 2.75) is 193 Å². The number of carboxylic acid groups (broad SMARTS) is 1. The van der Waals surface area contributed by atoms with E-state index in [0.29, 0.717) is 12.8 Å². The summed E-state index contributed by atoms with van der Waals surface area (Å²) in [5.41, 5.74) is 0. The predicted molar refractivity (Wildman–Crippen MR) is 199 cm³/mol. The van der Waals surface area contributed by atoms with Gasteiger partial charge in [0.05, 0.1) is 40.3 Å². The maximum Gasteiger partial charge on any atom is 0.306 e. The molecular weight excluding hydrogens is 618 g/mol. The van der Waals surface area contributed by atoms with Gasteiger partial charge in [-0.05, 0) is 38.5 Å². The third-order valence-corrected chi connectivity index (χ3v) is 9.15. The van der Waals surface area contributed by atoms with Crippen LogP contribution in [0.4, 0.5) is 0 Å². The fourth-order valence-electron chi connectivity index (χ4n) is 5.95. The van der Waals surface area contributed by atoms with Crippen molar-refractivity contribution in [2.24, 2.45) is 0 Å². The van der Waals surface area contributed by atoms with Gasteiger partial charge in [0.1, 0.15) is 12.6 Å². The summed E-state index contributed by atoms with van der Waals surface area (Å²) in [4.78, 5) is 36.6. The van der Waals surface area contributed by atoms with Gasteiger partial charge in [0.2, 0.25) is 0 Å². The molecule has 0 heterocycles. The van der Waals surface area contributed by atoms with Crippen LogP contribution in [-0.4, -0.2) is 75.5 Å². The van der Waals surface area contributed by atoms with Crippen LogP contribution in [0.3, 0.4) is 0 Å². The molecule has 8 heteroatoms. The number of carbonyl (C=O) groups excluding carboxylic acids is 3. The first kappa shape index (κ1) is 47.1. The molecule has 0 aliphatic heterocycles. The minimum absolute atomic E-state index is 0.0421. The number of allylic oxidation sites excluding steroid dienone is 2. The first-order chi connectivity index (χ1) is 23.6. The normalized spacial score (nSPS) is 13.1. The number of ether oxygens (including phenoxy) is 3. The molecule has 0 rings (SSSR count). The third-order valence-electron chi connectivity index (χ3n) is 9.15. The summed E-state index contributed by atoms with van der Waals surface area (Å²) in [6, 6.07) is -0.721. The Morgan fingerprint density at radius 2 is 1.02 bits per heavy atom. The number of carbonyl (C=O) groups is 3. The van der Waals surface area contributed by atoms with E-state index in [0.717, 1.165) is 51.4 Å². The van der Waals surface area contributed by atoms with Crippen molar-refractivity contribution in [2.75, 3.05) is 41.0 Å². The van der Waals surface area contributed by atoms with Gasteiger partial charge in [0.25, 0.3) is 0 Å². The molecule has 8 nitrogen and oxygen atoms in total. The summed E-state index contributed by atoms with van der Waals surface area (Å²) in [5, 5.41) is 11.6. The lowest BCUT2D eigenvalue weighted by Crippen LogP contribution is -2.55. The SMILES string of the molecule is CCCCCCCCC/C=C/CCCCCCCC(=O)OC(COCCC(C(=O)[O-])[N+](C)(C)C)COC(=O)CCCCCCCCCCC. The second kappa shape index (κ2) is 33.2. The van der Waals surface area contributed by atoms with Gasteiger partial charge < -0.3 is 28.6 Å². The first-order valence-corrected chi connectivity index (χ1v) is 20.2. The number of carboxylic acids is 1. The number of rotatable bonds is 36. The van der Waals surface area contributed by atoms with Gasteiger partial charge in [-0.15, -0.1) is 0 Å². The Labute approximate surface area is 301 Å². The van der Waals surface area contributed by atoms with E-state index in [1.54, 1.807) is 21.1 Å². The third kappa shape index (κ3) is 31.8. The van der Waals surface area contributed by atoms with Crippen LogP contribution < -0.4 is 5.11 Å². The topological polar surface area (TPSA) is 102 Å². The Morgan fingerprint density at radius 1 is 0.592 bits per heavy atom. The zero-order valence-corrected chi connectivity index (χ0v) is 32.6. The number of esters is 2. The van der Waals surface area contributed by atoms with E-state index >= 15 is 0 Å². The molecule has 0 N–H and O–H groups in total. The Balaban J connectivity index is 4.36. The molecule has 0 aromatic rings. The fourth-order valence-corrected chi connectivity index (χ4v) is 5.95. The van der Waals surface area contributed by atoms with Crippen LogP contribution in [-0.2, 0) is 28.6 Å². The van der Waals surface area contributed by atoms with E-state index in [4.69, 9.17) is 14.2 Å². The van der Waals surface area contributed by atoms with E-state index in [1.807, 2.05) is 0 Å². The highest BCUT2D eigenvalue weighted by Gasteiger charge is 2.25. The van der Waals surface area contributed by atoms with Gasteiger partial charge in [0.15, 0.2) is 6.10 Å². The summed E-state index contributed by atoms with van der Waals surface area (Å²) in [7, 11) is 5.40. The van der Waals surface area contributed by atoms with Gasteiger partial charge >= 0.3 is 11.9 Å². The maximum atomic E-state index is 12.6. The number of likely N-dealkylation sites (N-methyl/N-ethyl adjacent to an activating group) is 1. The van der Waals surface area contributed by atoms with Crippen LogP contribution in [0.2, 0.25) is 0 Å². The number of hydrogen-bond donors (Lipinski definition) is 0. The minimum Gasteiger partial charge on any atom is -0.544 e. The molecule has 0 amide bonds. The largest absolute Gasteiger partial charge is 0.544 e. The lowest BCUT2D eigenvalue weighted by Gasteiger charge is -2.34. The average molecular weight is 696 g/mol. The first-order valence-electron chi connectivity index (χ1n) is 20.2. The Kier molecular flexibility index (Phi) is 31.9. The molecule has 0 bridgehead atoms. The van der Waals surface area contributed by atoms with Crippen LogP contribution in [0.15, 0.2) is 12.2 Å². The monoisotopic (exact) mass is 696 g/mol. The summed E-state index contributed by atoms with van der Waals surface area (Å²) < 4.78 is 17.1. The zero-order chi connectivity index (χ0) is 36.4. The van der Waals surface area contributed by atoms with Crippen molar-refractivity contribution >= 4 is 17.9 Å². The van der Waals surface area contributed by atoms with Crippen molar-refractivity contribution in [1.82, 2.24) is 0 Å². The molecule has 0 spiro atoms. The van der Waals surface area contributed by atoms with Crippen molar-refractivity contribution in [3.05, 3.63) is 12.2 Å². The molecule has 0 aliphatic carbocycles. The van der Waals surface area contributed by atoms with E-state index in [-0.39, 0.29) is 42.7 Å². The predicted octanol–water partition coefficient (Wildman–Crippen LogP) is 9.02. The Morgan fingerprint density at radius 3 is 1.47 bits per heavy atom. The lowest BCUT2D eigenvalue weighted by molar-refractivity contribution is -0.889. The Hall–Kier alpha value is -1.93. The van der Waals surface area contributed by atoms with E-state index < -0.39 is 18.1 Å². The molecule has 2 unspecified atom stereocenters. The van der Waals surface area contributed by atoms with Crippen LogP contribution in [0.25, 0.3) is 0 Å². The number of aliphatic carboxylic acids is 1. The number of nitrogens with zero attached hydrogens (tertiary/aromatic N) is 1. The lowest BCUT2D eigenvalue weighted by atomic mass is 10.1. The molecule has 49 heavy (non-hydrogen) atoms. The van der Waals surface area contributed by atoms with Crippen molar-refractivity contribution in [1.29, 1.82) is 0 Å². The second-order valence-corrected chi connectivity index (χ2v) is 14.9. The smallest absolute Gasteiger partial charge is 0.306 e. The highest BCUT2D eigenvalue weighted by atomic mass is 16.6. The molecular formula is C41H77NO7. The number of unbranched alkanes of at least 4 members (excludes halogenated alkanes) is 20. The molecule has 0 fully saturated rings. The van der Waals surface area contributed by atoms with Crippen LogP contribution in [0.1, 0.15) is 181 Å². The van der Waals surface area contributed by atoms with E-state index in [9.17, 15) is 19.5 Å². The molecule has 0 saturated heterocycles. The summed E-state index contributed by atoms with van der Waals surface area (Å²) in [6.45, 7) is 4.63. The van der Waals surface area contributed by atoms with Gasteiger partial charge in [-0.2, -0.15) is 0 Å². The van der Waals surface area contributed by atoms with Crippen molar-refractivity contribution in [3.63, 3.8) is 0 Å². The molecule has 0 aromatic carbocycles. The minimum atomic E-state index is -1.13. The van der Waals surface area contributed by atoms with Crippen LogP contribution >= 0.6 is 0 Å². The molecule has 0 radical (unpaired) electrons. The van der Waals surface area contributed by atoms with Gasteiger partial charge in [-0.3, -0.25) is 9.59 Å². The molecule has 288 valence electrons. The Bertz CT molecular complexity index is 823.